The van der Waals surface area contributed by atoms with Gasteiger partial charge in [0.25, 0.3) is 0 Å². The van der Waals surface area contributed by atoms with Crippen LogP contribution < -0.4 is 4.90 Å². The lowest BCUT2D eigenvalue weighted by molar-refractivity contribution is 0.219. The standard InChI is InChI=1S/C14H17ClN2O3S2/c1-20-6-7-21-14-16-12-8-22(18,19)9-13(12)17(14)11-4-2-10(15)3-5-11/h2-5,12-13H,6-9H2,1H3/t12-,13-/m0/s1. The van der Waals surface area contributed by atoms with Crippen LogP contribution in [0.3, 0.4) is 0 Å². The number of methoxy groups -OCH3 is 1. The second-order valence-corrected chi connectivity index (χ2v) is 8.96. The molecule has 0 saturated carbocycles. The molecule has 2 aliphatic rings. The van der Waals surface area contributed by atoms with E-state index in [0.29, 0.717) is 11.6 Å². The number of rotatable bonds is 4. The zero-order valence-corrected chi connectivity index (χ0v) is 14.5. The average Bonchev–Trinajstić information content (AvgIpc) is 2.92. The van der Waals surface area contributed by atoms with E-state index in [4.69, 9.17) is 16.3 Å². The molecule has 0 aliphatic carbocycles. The molecule has 0 aromatic heterocycles. The predicted octanol–water partition coefficient (Wildman–Crippen LogP) is 2.06. The van der Waals surface area contributed by atoms with Crippen LogP contribution in [0.5, 0.6) is 0 Å². The van der Waals surface area contributed by atoms with Crippen molar-refractivity contribution in [1.82, 2.24) is 0 Å². The summed E-state index contributed by atoms with van der Waals surface area (Å²) in [6.45, 7) is 0.631. The maximum absolute atomic E-state index is 11.9. The lowest BCUT2D eigenvalue weighted by Crippen LogP contribution is -2.39. The number of hydrogen-bond donors (Lipinski definition) is 0. The number of nitrogens with zero attached hydrogens (tertiary/aromatic N) is 2. The Morgan fingerprint density at radius 2 is 2.09 bits per heavy atom. The SMILES string of the molecule is COCCSC1=N[C@H]2CS(=O)(=O)C[C@@H]2N1c1ccc(Cl)cc1. The Morgan fingerprint density at radius 3 is 2.77 bits per heavy atom. The summed E-state index contributed by atoms with van der Waals surface area (Å²) in [5.74, 6) is 1.07. The van der Waals surface area contributed by atoms with Crippen LogP contribution in [0.15, 0.2) is 29.3 Å². The minimum atomic E-state index is -3.01. The molecule has 1 aromatic rings. The highest BCUT2D eigenvalue weighted by Crippen LogP contribution is 2.35. The maximum atomic E-state index is 11.9. The molecule has 120 valence electrons. The van der Waals surface area contributed by atoms with Crippen molar-refractivity contribution in [2.24, 2.45) is 4.99 Å². The van der Waals surface area contributed by atoms with Crippen LogP contribution in [0.2, 0.25) is 5.02 Å². The summed E-state index contributed by atoms with van der Waals surface area (Å²) in [6, 6.07) is 7.14. The highest BCUT2D eigenvalue weighted by Gasteiger charge is 2.47. The van der Waals surface area contributed by atoms with Crippen molar-refractivity contribution in [3.05, 3.63) is 29.3 Å². The summed E-state index contributed by atoms with van der Waals surface area (Å²) in [4.78, 5) is 6.67. The van der Waals surface area contributed by atoms with Crippen LogP contribution in [0, 0.1) is 0 Å². The second-order valence-electron chi connectivity index (χ2n) is 5.31. The normalized spacial score (nSPS) is 26.1. The van der Waals surface area contributed by atoms with Crippen LogP contribution in [-0.4, -0.2) is 56.6 Å². The van der Waals surface area contributed by atoms with Gasteiger partial charge in [-0.1, -0.05) is 23.4 Å². The third kappa shape index (κ3) is 3.27. The van der Waals surface area contributed by atoms with Gasteiger partial charge in [0.15, 0.2) is 15.0 Å². The van der Waals surface area contributed by atoms with Gasteiger partial charge in [0.1, 0.15) is 0 Å². The number of aliphatic imine (C=N–C) groups is 1. The molecule has 1 saturated heterocycles. The quantitative estimate of drug-likeness (QED) is 0.769. The first-order valence-corrected chi connectivity index (χ1v) is 10.1. The number of fused-ring (bicyclic) bond motifs is 1. The molecule has 22 heavy (non-hydrogen) atoms. The van der Waals surface area contributed by atoms with Crippen molar-refractivity contribution in [3.8, 4) is 0 Å². The Bertz CT molecular complexity index is 676. The molecular formula is C14H17ClN2O3S2. The van der Waals surface area contributed by atoms with E-state index in [2.05, 4.69) is 4.99 Å². The topological polar surface area (TPSA) is 59.0 Å². The molecule has 1 aromatic carbocycles. The Labute approximate surface area is 139 Å². The molecule has 3 rings (SSSR count). The summed E-state index contributed by atoms with van der Waals surface area (Å²) < 4.78 is 28.9. The zero-order chi connectivity index (χ0) is 15.7. The molecule has 0 amide bonds. The number of amidine groups is 1. The molecule has 0 bridgehead atoms. The molecular weight excluding hydrogens is 344 g/mol. The maximum Gasteiger partial charge on any atom is 0.164 e. The molecule has 0 unspecified atom stereocenters. The van der Waals surface area contributed by atoms with E-state index >= 15 is 0 Å². The fourth-order valence-electron chi connectivity index (χ4n) is 2.75. The molecule has 0 N–H and O–H groups in total. The minimum Gasteiger partial charge on any atom is -0.384 e. The molecule has 0 spiro atoms. The van der Waals surface area contributed by atoms with Gasteiger partial charge >= 0.3 is 0 Å². The molecule has 2 atom stereocenters. The van der Waals surface area contributed by atoms with Gasteiger partial charge in [0.2, 0.25) is 0 Å². The van der Waals surface area contributed by atoms with E-state index in [1.807, 2.05) is 29.2 Å². The molecule has 0 radical (unpaired) electrons. The fourth-order valence-corrected chi connectivity index (χ4v) is 5.75. The first-order valence-electron chi connectivity index (χ1n) is 6.95. The van der Waals surface area contributed by atoms with E-state index in [1.165, 1.54) is 0 Å². The minimum absolute atomic E-state index is 0.115. The molecule has 5 nitrogen and oxygen atoms in total. The third-order valence-electron chi connectivity index (χ3n) is 3.73. The molecule has 8 heteroatoms. The van der Waals surface area contributed by atoms with E-state index in [1.54, 1.807) is 18.9 Å². The molecule has 2 aliphatic heterocycles. The lowest BCUT2D eigenvalue weighted by atomic mass is 10.1. The third-order valence-corrected chi connectivity index (χ3v) is 6.61. The predicted molar refractivity (Wildman–Crippen MR) is 91.9 cm³/mol. The van der Waals surface area contributed by atoms with Gasteiger partial charge in [-0.15, -0.1) is 0 Å². The number of benzene rings is 1. The number of thioether (sulfide) groups is 1. The number of anilines is 1. The van der Waals surface area contributed by atoms with Gasteiger partial charge in [-0.05, 0) is 24.3 Å². The first-order chi connectivity index (χ1) is 10.5. The van der Waals surface area contributed by atoms with Crippen LogP contribution in [0.4, 0.5) is 5.69 Å². The Hall–Kier alpha value is -0.760. The highest BCUT2D eigenvalue weighted by molar-refractivity contribution is 8.14. The molecule has 2 heterocycles. The van der Waals surface area contributed by atoms with Gasteiger partial charge < -0.3 is 9.64 Å². The van der Waals surface area contributed by atoms with Crippen LogP contribution in [-0.2, 0) is 14.6 Å². The van der Waals surface area contributed by atoms with Crippen LogP contribution in [0.25, 0.3) is 0 Å². The van der Waals surface area contributed by atoms with Crippen molar-refractivity contribution < 1.29 is 13.2 Å². The molecule has 1 fully saturated rings. The fraction of sp³-hybridized carbons (Fsp3) is 0.500. The van der Waals surface area contributed by atoms with Gasteiger partial charge in [0, 0.05) is 23.6 Å². The highest BCUT2D eigenvalue weighted by atomic mass is 35.5. The average molecular weight is 361 g/mol. The Balaban J connectivity index is 1.88. The van der Waals surface area contributed by atoms with Gasteiger partial charge in [-0.25, -0.2) is 8.42 Å². The zero-order valence-electron chi connectivity index (χ0n) is 12.1. The second kappa shape index (κ2) is 6.39. The number of ether oxygens (including phenoxy) is 1. The van der Waals surface area contributed by atoms with E-state index in [0.717, 1.165) is 16.6 Å². The lowest BCUT2D eigenvalue weighted by Gasteiger charge is -2.26. The van der Waals surface area contributed by atoms with Gasteiger partial charge in [0.05, 0.1) is 30.2 Å². The Morgan fingerprint density at radius 1 is 1.36 bits per heavy atom. The van der Waals surface area contributed by atoms with Crippen molar-refractivity contribution >= 4 is 44.1 Å². The van der Waals surface area contributed by atoms with E-state index in [-0.39, 0.29) is 23.6 Å². The number of sulfone groups is 1. The van der Waals surface area contributed by atoms with Crippen LogP contribution in [0.1, 0.15) is 0 Å². The van der Waals surface area contributed by atoms with E-state index < -0.39 is 9.84 Å². The van der Waals surface area contributed by atoms with Crippen molar-refractivity contribution in [3.63, 3.8) is 0 Å². The van der Waals surface area contributed by atoms with E-state index in [9.17, 15) is 8.42 Å². The first kappa shape index (κ1) is 16.1. The number of hydrogen-bond acceptors (Lipinski definition) is 6. The summed E-state index contributed by atoms with van der Waals surface area (Å²) >= 11 is 7.54. The smallest absolute Gasteiger partial charge is 0.164 e. The summed E-state index contributed by atoms with van der Waals surface area (Å²) in [7, 11) is -1.35. The van der Waals surface area contributed by atoms with Crippen molar-refractivity contribution in [2.45, 2.75) is 12.1 Å². The van der Waals surface area contributed by atoms with Crippen LogP contribution >= 0.6 is 23.4 Å². The number of halogens is 1. The van der Waals surface area contributed by atoms with Gasteiger partial charge in [-0.3, -0.25) is 4.99 Å². The summed E-state index contributed by atoms with van der Waals surface area (Å²) in [5.41, 5.74) is 0.928. The summed E-state index contributed by atoms with van der Waals surface area (Å²) in [6.07, 6.45) is 0. The van der Waals surface area contributed by atoms with Gasteiger partial charge in [-0.2, -0.15) is 0 Å². The summed E-state index contributed by atoms with van der Waals surface area (Å²) in [5, 5.41) is 1.52. The largest absolute Gasteiger partial charge is 0.384 e. The Kier molecular flexibility index (Phi) is 4.68. The van der Waals surface area contributed by atoms with Crippen molar-refractivity contribution in [1.29, 1.82) is 0 Å². The van der Waals surface area contributed by atoms with Crippen molar-refractivity contribution in [2.75, 3.05) is 35.9 Å². The monoisotopic (exact) mass is 360 g/mol.